The largest absolute Gasteiger partial charge is 0.389 e. The van der Waals surface area contributed by atoms with Gasteiger partial charge in [0.2, 0.25) is 0 Å². The van der Waals surface area contributed by atoms with Crippen LogP contribution in [-0.4, -0.2) is 10.9 Å². The number of hydrogen-bond acceptors (Lipinski definition) is 2. The van der Waals surface area contributed by atoms with Crippen LogP contribution >= 0.6 is 47.0 Å². The fourth-order valence-corrected chi connectivity index (χ4v) is 2.42. The third-order valence-corrected chi connectivity index (χ3v) is 3.79. The third-order valence-electron chi connectivity index (χ3n) is 2.67. The molecule has 0 aromatic heterocycles. The zero-order valence-corrected chi connectivity index (χ0v) is 13.6. The summed E-state index contributed by atoms with van der Waals surface area (Å²) in [7, 11) is 0. The molecule has 108 valence electrons. The molecule has 3 nitrogen and oxygen atoms in total. The molecule has 0 radical (unpaired) electrons. The molecule has 0 unspecified atom stereocenters. The molecule has 1 amide bonds. The normalized spacial score (nSPS) is 10.2. The van der Waals surface area contributed by atoms with E-state index in [1.54, 1.807) is 24.3 Å². The van der Waals surface area contributed by atoms with Crippen LogP contribution < -0.4 is 11.1 Å². The van der Waals surface area contributed by atoms with Gasteiger partial charge in [-0.1, -0.05) is 53.1 Å². The zero-order chi connectivity index (χ0) is 15.6. The maximum absolute atomic E-state index is 12.2. The van der Waals surface area contributed by atoms with Crippen LogP contribution in [0.1, 0.15) is 15.9 Å². The highest BCUT2D eigenvalue weighted by atomic mass is 35.5. The fourth-order valence-electron chi connectivity index (χ4n) is 1.64. The lowest BCUT2D eigenvalue weighted by atomic mass is 10.1. The predicted octanol–water partition coefficient (Wildman–Crippen LogP) is 4.53. The first-order valence-corrected chi connectivity index (χ1v) is 7.28. The Bertz CT molecular complexity index is 734. The summed E-state index contributed by atoms with van der Waals surface area (Å²) in [5.41, 5.74) is 6.85. The van der Waals surface area contributed by atoms with Gasteiger partial charge in [-0.3, -0.25) is 4.79 Å². The lowest BCUT2D eigenvalue weighted by molar-refractivity contribution is 0.102. The molecule has 0 aliphatic rings. The highest BCUT2D eigenvalue weighted by Crippen LogP contribution is 2.26. The molecule has 0 aliphatic heterocycles. The molecule has 7 heteroatoms. The Labute approximate surface area is 142 Å². The van der Waals surface area contributed by atoms with Crippen LogP contribution in [0.5, 0.6) is 0 Å². The maximum atomic E-state index is 12.2. The number of rotatable bonds is 3. The second-order valence-electron chi connectivity index (χ2n) is 4.14. The fraction of sp³-hybridized carbons (Fsp3) is 0. The Hall–Kier alpha value is -1.33. The highest BCUT2D eigenvalue weighted by Gasteiger charge is 2.13. The van der Waals surface area contributed by atoms with Gasteiger partial charge < -0.3 is 11.1 Å². The summed E-state index contributed by atoms with van der Waals surface area (Å²) >= 11 is 22.7. The van der Waals surface area contributed by atoms with E-state index in [2.05, 4.69) is 5.32 Å². The molecule has 0 atom stereocenters. The van der Waals surface area contributed by atoms with Gasteiger partial charge in [-0.25, -0.2) is 0 Å². The lowest BCUT2D eigenvalue weighted by Crippen LogP contribution is -2.14. The Morgan fingerprint density at radius 1 is 1.05 bits per heavy atom. The molecule has 0 saturated heterocycles. The standard InChI is InChI=1S/C14H9Cl3N2OS/c15-8-2-3-9(11(17)6-8)14(20)19-12-5-7(13(18)21)1-4-10(12)16/h1-6H,(H2,18,21)(H,19,20). The average molecular weight is 360 g/mol. The van der Waals surface area contributed by atoms with E-state index < -0.39 is 5.91 Å². The molecule has 2 aromatic rings. The van der Waals surface area contributed by atoms with Crippen LogP contribution in [0.15, 0.2) is 36.4 Å². The molecule has 0 saturated carbocycles. The Kier molecular flexibility index (Phi) is 5.06. The molecule has 3 N–H and O–H groups in total. The van der Waals surface area contributed by atoms with E-state index in [1.165, 1.54) is 12.1 Å². The van der Waals surface area contributed by atoms with Crippen molar-refractivity contribution in [2.75, 3.05) is 5.32 Å². The minimum Gasteiger partial charge on any atom is -0.389 e. The predicted molar refractivity (Wildman–Crippen MR) is 91.8 cm³/mol. The first-order valence-electron chi connectivity index (χ1n) is 5.74. The van der Waals surface area contributed by atoms with Crippen LogP contribution in [0.3, 0.4) is 0 Å². The van der Waals surface area contributed by atoms with Crippen molar-refractivity contribution in [1.82, 2.24) is 0 Å². The molecule has 2 aromatic carbocycles. The summed E-state index contributed by atoms with van der Waals surface area (Å²) in [6.07, 6.45) is 0. The monoisotopic (exact) mass is 358 g/mol. The van der Waals surface area contributed by atoms with Gasteiger partial charge in [0.05, 0.1) is 21.3 Å². The van der Waals surface area contributed by atoms with Crippen LogP contribution in [0.2, 0.25) is 15.1 Å². The van der Waals surface area contributed by atoms with Gasteiger partial charge in [0, 0.05) is 10.6 Å². The summed E-state index contributed by atoms with van der Waals surface area (Å²) in [6.45, 7) is 0. The van der Waals surface area contributed by atoms with Crippen molar-refractivity contribution < 1.29 is 4.79 Å². The molecule has 0 bridgehead atoms. The number of amides is 1. The van der Waals surface area contributed by atoms with Crippen LogP contribution in [0.25, 0.3) is 0 Å². The van der Waals surface area contributed by atoms with Crippen molar-refractivity contribution in [1.29, 1.82) is 0 Å². The topological polar surface area (TPSA) is 55.1 Å². The number of hydrogen-bond donors (Lipinski definition) is 2. The number of anilines is 1. The Balaban J connectivity index is 2.31. The summed E-state index contributed by atoms with van der Waals surface area (Å²) in [4.78, 5) is 12.4. The van der Waals surface area contributed by atoms with E-state index >= 15 is 0 Å². The summed E-state index contributed by atoms with van der Waals surface area (Å²) in [6, 6.07) is 9.49. The molecule has 0 fully saturated rings. The number of carbonyl (C=O) groups is 1. The first-order chi connectivity index (χ1) is 9.88. The molecule has 0 aliphatic carbocycles. The van der Waals surface area contributed by atoms with Gasteiger partial charge in [-0.05, 0) is 30.3 Å². The summed E-state index contributed by atoms with van der Waals surface area (Å²) < 4.78 is 0. The minimum absolute atomic E-state index is 0.215. The smallest absolute Gasteiger partial charge is 0.257 e. The number of halogens is 3. The number of nitrogens with one attached hydrogen (secondary N) is 1. The molecule has 0 heterocycles. The van der Waals surface area contributed by atoms with E-state index in [0.29, 0.717) is 21.3 Å². The van der Waals surface area contributed by atoms with E-state index in [4.69, 9.17) is 52.8 Å². The van der Waals surface area contributed by atoms with Gasteiger partial charge in [0.15, 0.2) is 0 Å². The molecule has 21 heavy (non-hydrogen) atoms. The van der Waals surface area contributed by atoms with Crippen molar-refractivity contribution in [2.24, 2.45) is 5.73 Å². The number of carbonyl (C=O) groups excluding carboxylic acids is 1. The van der Waals surface area contributed by atoms with E-state index in [-0.39, 0.29) is 15.6 Å². The van der Waals surface area contributed by atoms with Crippen LogP contribution in [0, 0.1) is 0 Å². The molecular weight excluding hydrogens is 351 g/mol. The van der Waals surface area contributed by atoms with Gasteiger partial charge in [-0.15, -0.1) is 0 Å². The second-order valence-corrected chi connectivity index (χ2v) is 5.83. The number of benzene rings is 2. The van der Waals surface area contributed by atoms with Crippen molar-refractivity contribution >= 4 is 63.6 Å². The second kappa shape index (κ2) is 6.62. The summed E-state index contributed by atoms with van der Waals surface area (Å²) in [5, 5.41) is 3.74. The van der Waals surface area contributed by atoms with Crippen molar-refractivity contribution in [3.63, 3.8) is 0 Å². The first kappa shape index (κ1) is 16.0. The maximum Gasteiger partial charge on any atom is 0.257 e. The average Bonchev–Trinajstić information content (AvgIpc) is 2.40. The van der Waals surface area contributed by atoms with E-state index in [1.807, 2.05) is 0 Å². The number of thiocarbonyl (C=S) groups is 1. The number of nitrogens with two attached hydrogens (primary N) is 1. The molecule has 2 rings (SSSR count). The summed E-state index contributed by atoms with van der Waals surface area (Å²) in [5.74, 6) is -0.404. The van der Waals surface area contributed by atoms with Crippen molar-refractivity contribution in [2.45, 2.75) is 0 Å². The van der Waals surface area contributed by atoms with Gasteiger partial charge in [-0.2, -0.15) is 0 Å². The Morgan fingerprint density at radius 2 is 1.76 bits per heavy atom. The third kappa shape index (κ3) is 3.86. The quantitative estimate of drug-likeness (QED) is 0.791. The Morgan fingerprint density at radius 3 is 2.38 bits per heavy atom. The van der Waals surface area contributed by atoms with E-state index in [0.717, 1.165) is 0 Å². The van der Waals surface area contributed by atoms with Crippen molar-refractivity contribution in [3.05, 3.63) is 62.6 Å². The SMILES string of the molecule is NC(=S)c1ccc(Cl)c(NC(=O)c2ccc(Cl)cc2Cl)c1. The van der Waals surface area contributed by atoms with Gasteiger partial charge in [0.25, 0.3) is 5.91 Å². The zero-order valence-electron chi connectivity index (χ0n) is 10.5. The van der Waals surface area contributed by atoms with Gasteiger partial charge in [0.1, 0.15) is 4.99 Å². The highest BCUT2D eigenvalue weighted by molar-refractivity contribution is 7.80. The molecular formula is C14H9Cl3N2OS. The molecule has 0 spiro atoms. The van der Waals surface area contributed by atoms with Crippen LogP contribution in [-0.2, 0) is 0 Å². The van der Waals surface area contributed by atoms with Crippen LogP contribution in [0.4, 0.5) is 5.69 Å². The van der Waals surface area contributed by atoms with Gasteiger partial charge >= 0.3 is 0 Å². The minimum atomic E-state index is -0.404. The van der Waals surface area contributed by atoms with Crippen molar-refractivity contribution in [3.8, 4) is 0 Å². The van der Waals surface area contributed by atoms with E-state index in [9.17, 15) is 4.79 Å². The lowest BCUT2D eigenvalue weighted by Gasteiger charge is -2.10.